The van der Waals surface area contributed by atoms with E-state index in [2.05, 4.69) is 0 Å². The molecule has 5 heteroatoms. The van der Waals surface area contributed by atoms with Crippen molar-refractivity contribution in [1.82, 2.24) is 0 Å². The van der Waals surface area contributed by atoms with Crippen molar-refractivity contribution in [2.75, 3.05) is 6.54 Å². The maximum atomic E-state index is 13.1. The number of phenols is 2. The van der Waals surface area contributed by atoms with E-state index < -0.39 is 23.1 Å². The number of carbonyl (C=O) groups is 1. The number of hydrogen-bond acceptors (Lipinski definition) is 4. The van der Waals surface area contributed by atoms with E-state index in [0.717, 1.165) is 0 Å². The summed E-state index contributed by atoms with van der Waals surface area (Å²) in [5, 5.41) is 18.3. The van der Waals surface area contributed by atoms with Crippen LogP contribution in [0.1, 0.15) is 15.9 Å². The van der Waals surface area contributed by atoms with E-state index in [1.807, 2.05) is 0 Å². The smallest absolute Gasteiger partial charge is 0.207 e. The fraction of sp³-hybridized carbons (Fsp3) is 0.222. The Balaban J connectivity index is 3.40. The number of hydrogen-bond donors (Lipinski definition) is 3. The molecule has 1 rings (SSSR count). The molecule has 14 heavy (non-hydrogen) atoms. The molecule has 1 aromatic carbocycles. The highest BCUT2D eigenvalue weighted by atomic mass is 19.1. The second-order valence-electron chi connectivity index (χ2n) is 2.88. The summed E-state index contributed by atoms with van der Waals surface area (Å²) in [6.45, 7) is 1.10. The lowest BCUT2D eigenvalue weighted by atomic mass is 10.1. The number of ketones is 1. The molecule has 1 aromatic rings. The fourth-order valence-electron chi connectivity index (χ4n) is 1.08. The number of Topliss-reactive ketones (excluding diaryl/α,β-unsaturated/α-hetero) is 1. The predicted molar refractivity (Wildman–Crippen MR) is 47.9 cm³/mol. The predicted octanol–water partition coefficient (Wildman–Crippen LogP) is 0.687. The van der Waals surface area contributed by atoms with Crippen LogP contribution in [-0.4, -0.2) is 22.5 Å². The first-order chi connectivity index (χ1) is 6.49. The van der Waals surface area contributed by atoms with Gasteiger partial charge >= 0.3 is 0 Å². The quantitative estimate of drug-likeness (QED) is 0.612. The van der Waals surface area contributed by atoms with Crippen LogP contribution in [0.15, 0.2) is 6.07 Å². The highest BCUT2D eigenvalue weighted by Gasteiger charge is 2.18. The molecular formula is C9H10FNO3. The van der Waals surface area contributed by atoms with Gasteiger partial charge in [-0.3, -0.25) is 4.79 Å². The number of benzene rings is 1. The normalized spacial score (nSPS) is 10.2. The van der Waals surface area contributed by atoms with Crippen LogP contribution in [0.4, 0.5) is 4.39 Å². The van der Waals surface area contributed by atoms with Crippen molar-refractivity contribution in [2.24, 2.45) is 5.73 Å². The Morgan fingerprint density at radius 2 is 2.07 bits per heavy atom. The third-order valence-electron chi connectivity index (χ3n) is 1.89. The fourth-order valence-corrected chi connectivity index (χ4v) is 1.08. The summed E-state index contributed by atoms with van der Waals surface area (Å²) in [4.78, 5) is 11.1. The average molecular weight is 199 g/mol. The molecule has 4 nitrogen and oxygen atoms in total. The number of aromatic hydroxyl groups is 2. The third-order valence-corrected chi connectivity index (χ3v) is 1.89. The molecule has 0 heterocycles. The lowest BCUT2D eigenvalue weighted by Gasteiger charge is -2.07. The van der Waals surface area contributed by atoms with E-state index in [-0.39, 0.29) is 17.7 Å². The lowest BCUT2D eigenvalue weighted by Crippen LogP contribution is -2.14. The minimum Gasteiger partial charge on any atom is -0.505 e. The van der Waals surface area contributed by atoms with Gasteiger partial charge in [-0.05, 0) is 18.6 Å². The standard InChI is InChI=1S/C9H10FNO3/c1-4-2-5(6(12)3-11)9(14)7(10)8(4)13/h2,13-14H,3,11H2,1H3. The van der Waals surface area contributed by atoms with Crippen LogP contribution in [0.5, 0.6) is 11.5 Å². The van der Waals surface area contributed by atoms with Gasteiger partial charge in [-0.2, -0.15) is 4.39 Å². The van der Waals surface area contributed by atoms with Crippen LogP contribution in [0.3, 0.4) is 0 Å². The summed E-state index contributed by atoms with van der Waals surface area (Å²) in [5.74, 6) is -3.29. The van der Waals surface area contributed by atoms with Gasteiger partial charge in [0.2, 0.25) is 5.82 Å². The zero-order chi connectivity index (χ0) is 10.9. The largest absolute Gasteiger partial charge is 0.505 e. The number of aryl methyl sites for hydroxylation is 1. The van der Waals surface area contributed by atoms with Gasteiger partial charge in [-0.1, -0.05) is 0 Å². The Hall–Kier alpha value is -1.62. The van der Waals surface area contributed by atoms with Gasteiger partial charge in [-0.15, -0.1) is 0 Å². The third kappa shape index (κ3) is 1.54. The van der Waals surface area contributed by atoms with E-state index in [1.54, 1.807) is 0 Å². The van der Waals surface area contributed by atoms with Gasteiger partial charge in [-0.25, -0.2) is 0 Å². The van der Waals surface area contributed by atoms with Gasteiger partial charge in [0.15, 0.2) is 17.3 Å². The summed E-state index contributed by atoms with van der Waals surface area (Å²) in [6, 6.07) is 1.20. The zero-order valence-electron chi connectivity index (χ0n) is 7.54. The molecule has 0 spiro atoms. The van der Waals surface area contributed by atoms with Gasteiger partial charge in [0, 0.05) is 0 Å². The number of carbonyl (C=O) groups excluding carboxylic acids is 1. The Labute approximate surface area is 79.8 Å². The number of halogens is 1. The first-order valence-corrected chi connectivity index (χ1v) is 3.93. The molecule has 0 amide bonds. The van der Waals surface area contributed by atoms with Crippen LogP contribution in [-0.2, 0) is 0 Å². The van der Waals surface area contributed by atoms with Crippen molar-refractivity contribution >= 4 is 5.78 Å². The van der Waals surface area contributed by atoms with E-state index in [0.29, 0.717) is 0 Å². The van der Waals surface area contributed by atoms with Crippen molar-refractivity contribution in [3.63, 3.8) is 0 Å². The van der Waals surface area contributed by atoms with Crippen molar-refractivity contribution in [2.45, 2.75) is 6.92 Å². The zero-order valence-corrected chi connectivity index (χ0v) is 7.54. The Morgan fingerprint density at radius 1 is 1.50 bits per heavy atom. The molecule has 0 aromatic heterocycles. The molecule has 0 aliphatic heterocycles. The first-order valence-electron chi connectivity index (χ1n) is 3.93. The average Bonchev–Trinajstić information content (AvgIpc) is 2.19. The second kappa shape index (κ2) is 3.63. The lowest BCUT2D eigenvalue weighted by molar-refractivity contribution is 0.0998. The SMILES string of the molecule is Cc1cc(C(=O)CN)c(O)c(F)c1O. The van der Waals surface area contributed by atoms with Crippen molar-refractivity contribution < 1.29 is 19.4 Å². The number of phenolic OH excluding ortho intramolecular Hbond substituents is 2. The molecule has 0 radical (unpaired) electrons. The topological polar surface area (TPSA) is 83.6 Å². The van der Waals surface area contributed by atoms with E-state index in [9.17, 15) is 14.3 Å². The molecule has 0 unspecified atom stereocenters. The summed E-state index contributed by atoms with van der Waals surface area (Å²) in [7, 11) is 0. The number of nitrogens with two attached hydrogens (primary N) is 1. The van der Waals surface area contributed by atoms with Gasteiger partial charge in [0.1, 0.15) is 0 Å². The molecule has 4 N–H and O–H groups in total. The summed E-state index contributed by atoms with van der Waals surface area (Å²) in [6.07, 6.45) is 0. The second-order valence-corrected chi connectivity index (χ2v) is 2.88. The first kappa shape index (κ1) is 10.5. The summed E-state index contributed by atoms with van der Waals surface area (Å²) < 4.78 is 13.1. The van der Waals surface area contributed by atoms with Crippen LogP contribution in [0, 0.1) is 12.7 Å². The van der Waals surface area contributed by atoms with Crippen LogP contribution < -0.4 is 5.73 Å². The highest BCUT2D eigenvalue weighted by Crippen LogP contribution is 2.31. The van der Waals surface area contributed by atoms with Gasteiger partial charge in [0.25, 0.3) is 0 Å². The van der Waals surface area contributed by atoms with E-state index in [4.69, 9.17) is 10.8 Å². The highest BCUT2D eigenvalue weighted by molar-refractivity contribution is 6.00. The van der Waals surface area contributed by atoms with Crippen LogP contribution in [0.2, 0.25) is 0 Å². The van der Waals surface area contributed by atoms with Crippen molar-refractivity contribution in [1.29, 1.82) is 0 Å². The molecule has 76 valence electrons. The Morgan fingerprint density at radius 3 is 2.57 bits per heavy atom. The minimum atomic E-state index is -1.19. The molecule has 0 saturated carbocycles. The Kier molecular flexibility index (Phi) is 2.71. The maximum absolute atomic E-state index is 13.1. The molecule has 0 aliphatic rings. The van der Waals surface area contributed by atoms with Crippen molar-refractivity contribution in [3.8, 4) is 11.5 Å². The molecule has 0 bridgehead atoms. The molecule has 0 saturated heterocycles. The van der Waals surface area contributed by atoms with E-state index >= 15 is 0 Å². The van der Waals surface area contributed by atoms with Gasteiger partial charge < -0.3 is 15.9 Å². The van der Waals surface area contributed by atoms with Crippen LogP contribution in [0.25, 0.3) is 0 Å². The van der Waals surface area contributed by atoms with E-state index in [1.165, 1.54) is 13.0 Å². The molecule has 0 aliphatic carbocycles. The van der Waals surface area contributed by atoms with Crippen LogP contribution >= 0.6 is 0 Å². The molecule has 0 fully saturated rings. The maximum Gasteiger partial charge on any atom is 0.207 e. The molecular weight excluding hydrogens is 189 g/mol. The summed E-state index contributed by atoms with van der Waals surface area (Å²) in [5.41, 5.74) is 5.04. The summed E-state index contributed by atoms with van der Waals surface area (Å²) >= 11 is 0. The van der Waals surface area contributed by atoms with Crippen molar-refractivity contribution in [3.05, 3.63) is 23.0 Å². The monoisotopic (exact) mass is 199 g/mol. The van der Waals surface area contributed by atoms with Gasteiger partial charge in [0.05, 0.1) is 12.1 Å². The minimum absolute atomic E-state index is 0.178. The molecule has 0 atom stereocenters. The Bertz CT molecular complexity index is 390. The number of rotatable bonds is 2.